The van der Waals surface area contributed by atoms with Crippen LogP contribution >= 0.6 is 0 Å². The molecule has 2 saturated carbocycles. The zero-order valence-corrected chi connectivity index (χ0v) is 16.0. The highest BCUT2D eigenvalue weighted by atomic mass is 28.3. The number of ether oxygens (including phenoxy) is 1. The van der Waals surface area contributed by atoms with E-state index in [2.05, 4.69) is 38.1 Å². The molecule has 0 atom stereocenters. The molecule has 3 rings (SSSR count). The van der Waals surface area contributed by atoms with Gasteiger partial charge < -0.3 is 4.74 Å². The Labute approximate surface area is 144 Å². The minimum Gasteiger partial charge on any atom is -0.491 e. The van der Waals surface area contributed by atoms with Crippen molar-refractivity contribution in [2.24, 2.45) is 0 Å². The Bertz CT molecular complexity index is 454. The van der Waals surface area contributed by atoms with Crippen molar-refractivity contribution >= 4 is 14.0 Å². The summed E-state index contributed by atoms with van der Waals surface area (Å²) in [5.41, 5.74) is 1.96. The summed E-state index contributed by atoms with van der Waals surface area (Å²) in [5.74, 6) is 1.20. The molecule has 0 unspecified atom stereocenters. The summed E-state index contributed by atoms with van der Waals surface area (Å²) in [7, 11) is -0.523. The van der Waals surface area contributed by atoms with E-state index in [0.29, 0.717) is 0 Å². The van der Waals surface area contributed by atoms with Crippen LogP contribution < -0.4 is 9.92 Å². The molecule has 0 saturated heterocycles. The normalized spacial score (nSPS) is 21.0. The Balaban J connectivity index is 1.90. The van der Waals surface area contributed by atoms with E-state index < -0.39 is 8.80 Å². The van der Waals surface area contributed by atoms with E-state index in [-0.39, 0.29) is 6.10 Å². The first-order valence-corrected chi connectivity index (χ1v) is 11.5. The van der Waals surface area contributed by atoms with Crippen molar-refractivity contribution in [3.05, 3.63) is 24.3 Å². The third kappa shape index (κ3) is 4.41. The molecule has 2 fully saturated rings. The molecule has 23 heavy (non-hydrogen) atoms. The predicted octanol–water partition coefficient (Wildman–Crippen LogP) is 5.84. The van der Waals surface area contributed by atoms with Crippen LogP contribution in [-0.2, 0) is 0 Å². The average Bonchev–Trinajstić information content (AvgIpc) is 2.58. The summed E-state index contributed by atoms with van der Waals surface area (Å²) in [4.78, 5) is 0. The molecule has 1 radical (unpaired) electrons. The Morgan fingerprint density at radius 2 is 1.35 bits per heavy atom. The van der Waals surface area contributed by atoms with E-state index in [9.17, 15) is 0 Å². The predicted molar refractivity (Wildman–Crippen MR) is 101 cm³/mol. The Hall–Kier alpha value is -0.763. The maximum atomic E-state index is 6.23. The van der Waals surface area contributed by atoms with E-state index in [4.69, 9.17) is 4.74 Å². The average molecular weight is 330 g/mol. The summed E-state index contributed by atoms with van der Waals surface area (Å²) in [6, 6.07) is 9.04. The lowest BCUT2D eigenvalue weighted by molar-refractivity contribution is 0.244. The van der Waals surface area contributed by atoms with Crippen LogP contribution in [0.2, 0.25) is 11.1 Å². The van der Waals surface area contributed by atoms with Gasteiger partial charge in [0.25, 0.3) is 0 Å². The molecule has 1 nitrogen and oxygen atoms in total. The van der Waals surface area contributed by atoms with Crippen molar-refractivity contribution in [2.45, 2.75) is 95.2 Å². The number of hydrogen-bond acceptors (Lipinski definition) is 1. The van der Waals surface area contributed by atoms with Crippen LogP contribution in [0.5, 0.6) is 5.75 Å². The lowest BCUT2D eigenvalue weighted by Crippen LogP contribution is -2.42. The molecule has 2 aliphatic carbocycles. The Kier molecular flexibility index (Phi) is 6.21. The highest BCUT2D eigenvalue weighted by Gasteiger charge is 2.36. The van der Waals surface area contributed by atoms with Gasteiger partial charge in [0.05, 0.1) is 14.9 Å². The quantitative estimate of drug-likeness (QED) is 0.616. The SMILES string of the molecule is CC(C)Oc1ccccc1[Si](C1CCCCC1)C1CCCCC1. The van der Waals surface area contributed by atoms with E-state index >= 15 is 0 Å². The fourth-order valence-corrected chi connectivity index (χ4v) is 8.98. The van der Waals surface area contributed by atoms with Gasteiger partial charge in [0.15, 0.2) is 0 Å². The van der Waals surface area contributed by atoms with Crippen LogP contribution in [0.4, 0.5) is 0 Å². The van der Waals surface area contributed by atoms with Gasteiger partial charge in [-0.05, 0) is 36.2 Å². The molecule has 0 spiro atoms. The van der Waals surface area contributed by atoms with Gasteiger partial charge in [0, 0.05) is 0 Å². The molecule has 0 bridgehead atoms. The molecule has 1 aromatic rings. The van der Waals surface area contributed by atoms with Gasteiger partial charge in [0.1, 0.15) is 5.75 Å². The lowest BCUT2D eigenvalue weighted by Gasteiger charge is -2.37. The summed E-state index contributed by atoms with van der Waals surface area (Å²) >= 11 is 0. The molecule has 2 aliphatic rings. The van der Waals surface area contributed by atoms with Gasteiger partial charge in [-0.1, -0.05) is 82.4 Å². The van der Waals surface area contributed by atoms with E-state index in [1.165, 1.54) is 70.0 Å². The zero-order valence-electron chi connectivity index (χ0n) is 15.0. The molecular weight excluding hydrogens is 296 g/mol. The van der Waals surface area contributed by atoms with Gasteiger partial charge in [-0.25, -0.2) is 0 Å². The van der Waals surface area contributed by atoms with Crippen LogP contribution in [0, 0.1) is 0 Å². The fraction of sp³-hybridized carbons (Fsp3) is 0.714. The lowest BCUT2D eigenvalue weighted by atomic mass is 9.99. The van der Waals surface area contributed by atoms with Crippen LogP contribution in [0.15, 0.2) is 24.3 Å². The molecule has 0 aliphatic heterocycles. The third-order valence-electron chi connectivity index (χ3n) is 5.65. The maximum absolute atomic E-state index is 6.23. The molecule has 2 heteroatoms. The van der Waals surface area contributed by atoms with Crippen molar-refractivity contribution < 1.29 is 4.74 Å². The van der Waals surface area contributed by atoms with Gasteiger partial charge in [-0.3, -0.25) is 0 Å². The molecule has 127 valence electrons. The number of rotatable bonds is 5. The van der Waals surface area contributed by atoms with Crippen molar-refractivity contribution in [3.63, 3.8) is 0 Å². The Morgan fingerprint density at radius 1 is 0.826 bits per heavy atom. The molecule has 0 amide bonds. The van der Waals surface area contributed by atoms with Gasteiger partial charge in [-0.15, -0.1) is 0 Å². The zero-order chi connectivity index (χ0) is 16.1. The fourth-order valence-electron chi connectivity index (χ4n) is 4.66. The minimum atomic E-state index is -0.523. The largest absolute Gasteiger partial charge is 0.491 e. The maximum Gasteiger partial charge on any atom is 0.118 e. The van der Waals surface area contributed by atoms with Crippen molar-refractivity contribution in [2.75, 3.05) is 0 Å². The second kappa shape index (κ2) is 8.37. The molecular formula is C21H33OSi. The summed E-state index contributed by atoms with van der Waals surface area (Å²) in [6.45, 7) is 4.31. The monoisotopic (exact) mass is 329 g/mol. The molecule has 0 heterocycles. The topological polar surface area (TPSA) is 9.23 Å². The van der Waals surface area contributed by atoms with Crippen molar-refractivity contribution in [1.82, 2.24) is 0 Å². The highest BCUT2D eigenvalue weighted by molar-refractivity contribution is 6.76. The summed E-state index contributed by atoms with van der Waals surface area (Å²) in [6.07, 6.45) is 14.9. The summed E-state index contributed by atoms with van der Waals surface area (Å²) in [5, 5.41) is 1.62. The second-order valence-corrected chi connectivity index (χ2v) is 10.9. The first-order valence-electron chi connectivity index (χ1n) is 9.88. The van der Waals surface area contributed by atoms with Crippen LogP contribution in [0.1, 0.15) is 78.1 Å². The molecule has 0 N–H and O–H groups in total. The smallest absolute Gasteiger partial charge is 0.118 e. The van der Waals surface area contributed by atoms with E-state index in [1.807, 2.05) is 0 Å². The van der Waals surface area contributed by atoms with Gasteiger partial charge in [0.2, 0.25) is 0 Å². The van der Waals surface area contributed by atoms with E-state index in [0.717, 1.165) is 11.1 Å². The number of hydrogen-bond donors (Lipinski definition) is 0. The number of benzene rings is 1. The van der Waals surface area contributed by atoms with Crippen LogP contribution in [0.25, 0.3) is 0 Å². The molecule has 0 aromatic heterocycles. The second-order valence-electron chi connectivity index (χ2n) is 7.79. The minimum absolute atomic E-state index is 0.275. The highest BCUT2D eigenvalue weighted by Crippen LogP contribution is 2.42. The van der Waals surface area contributed by atoms with Crippen LogP contribution in [0.3, 0.4) is 0 Å². The first-order chi connectivity index (χ1) is 11.3. The standard InChI is InChI=1S/C21H33OSi/c1-17(2)22-20-15-9-10-16-21(20)23(18-11-5-3-6-12-18)19-13-7-4-8-14-19/h9-10,15-19H,3-8,11-14H2,1-2H3. The van der Waals surface area contributed by atoms with Crippen molar-refractivity contribution in [1.29, 1.82) is 0 Å². The van der Waals surface area contributed by atoms with Crippen LogP contribution in [-0.4, -0.2) is 14.9 Å². The van der Waals surface area contributed by atoms with Crippen molar-refractivity contribution in [3.8, 4) is 5.75 Å². The molecule has 1 aromatic carbocycles. The van der Waals surface area contributed by atoms with E-state index in [1.54, 1.807) is 5.19 Å². The van der Waals surface area contributed by atoms with Gasteiger partial charge >= 0.3 is 0 Å². The van der Waals surface area contributed by atoms with Gasteiger partial charge in [-0.2, -0.15) is 0 Å². The summed E-state index contributed by atoms with van der Waals surface area (Å²) < 4.78 is 6.23. The number of para-hydroxylation sites is 1. The first kappa shape index (κ1) is 17.1. The third-order valence-corrected chi connectivity index (χ3v) is 9.60. The Morgan fingerprint density at radius 3 is 1.87 bits per heavy atom.